The highest BCUT2D eigenvalue weighted by Gasteiger charge is 2.08. The Labute approximate surface area is 202 Å². The molecule has 0 bridgehead atoms. The van der Waals surface area contributed by atoms with E-state index in [0.29, 0.717) is 42.9 Å². The third-order valence-corrected chi connectivity index (χ3v) is 5.54. The summed E-state index contributed by atoms with van der Waals surface area (Å²) in [4.78, 5) is 36.4. The Morgan fingerprint density at radius 3 is 1.24 bits per heavy atom. The van der Waals surface area contributed by atoms with Gasteiger partial charge in [-0.15, -0.1) is 0 Å². The second-order valence-electron chi connectivity index (χ2n) is 8.33. The molecule has 184 valence electrons. The van der Waals surface area contributed by atoms with Gasteiger partial charge in [0.05, 0.1) is 0 Å². The first-order valence-corrected chi connectivity index (χ1v) is 12.3. The lowest BCUT2D eigenvalue weighted by Gasteiger charge is -2.08. The maximum atomic E-state index is 12.3. The summed E-state index contributed by atoms with van der Waals surface area (Å²) in [5.41, 5.74) is 7.24. The fraction of sp³-hybridized carbons (Fsp3) is 0.444. The molecule has 0 saturated heterocycles. The van der Waals surface area contributed by atoms with E-state index in [1.807, 2.05) is 18.2 Å². The van der Waals surface area contributed by atoms with E-state index in [4.69, 9.17) is 5.73 Å². The quantitative estimate of drug-likeness (QED) is 0.283. The van der Waals surface area contributed by atoms with Crippen molar-refractivity contribution in [1.82, 2.24) is 16.0 Å². The molecule has 0 radical (unpaired) electrons. The number of nitrogens with two attached hydrogens (primary N) is 1. The molecular formula is C27H38N4O3. The third-order valence-electron chi connectivity index (χ3n) is 5.54. The molecule has 0 aromatic heterocycles. The van der Waals surface area contributed by atoms with Crippen molar-refractivity contribution in [2.75, 3.05) is 26.2 Å². The molecule has 2 rings (SSSR count). The SMILES string of the molecule is NCCCCCCNC(=O)c1ccc(C(=O)NCCCCCCNC(=O)c2ccccc2)cc1. The van der Waals surface area contributed by atoms with Gasteiger partial charge < -0.3 is 21.7 Å². The summed E-state index contributed by atoms with van der Waals surface area (Å²) in [7, 11) is 0. The Bertz CT molecular complexity index is 869. The van der Waals surface area contributed by atoms with Crippen LogP contribution in [-0.2, 0) is 0 Å². The van der Waals surface area contributed by atoms with Gasteiger partial charge in [0, 0.05) is 36.3 Å². The average molecular weight is 467 g/mol. The van der Waals surface area contributed by atoms with Crippen molar-refractivity contribution in [3.63, 3.8) is 0 Å². The lowest BCUT2D eigenvalue weighted by Crippen LogP contribution is -2.26. The van der Waals surface area contributed by atoms with Crippen LogP contribution >= 0.6 is 0 Å². The molecule has 3 amide bonds. The van der Waals surface area contributed by atoms with E-state index >= 15 is 0 Å². The summed E-state index contributed by atoms with van der Waals surface area (Å²) in [6.07, 6.45) is 7.86. The molecule has 0 saturated carbocycles. The van der Waals surface area contributed by atoms with Crippen LogP contribution in [-0.4, -0.2) is 43.9 Å². The minimum absolute atomic E-state index is 0.0466. The molecule has 0 aliphatic carbocycles. The van der Waals surface area contributed by atoms with Crippen LogP contribution in [0.25, 0.3) is 0 Å². The van der Waals surface area contributed by atoms with Gasteiger partial charge in [-0.05, 0) is 68.6 Å². The molecule has 0 aliphatic rings. The van der Waals surface area contributed by atoms with Crippen LogP contribution < -0.4 is 21.7 Å². The van der Waals surface area contributed by atoms with E-state index in [2.05, 4.69) is 16.0 Å². The maximum absolute atomic E-state index is 12.3. The van der Waals surface area contributed by atoms with Gasteiger partial charge in [0.1, 0.15) is 0 Å². The van der Waals surface area contributed by atoms with Crippen LogP contribution in [0.5, 0.6) is 0 Å². The number of benzene rings is 2. The van der Waals surface area contributed by atoms with E-state index in [0.717, 1.165) is 51.4 Å². The first-order valence-electron chi connectivity index (χ1n) is 12.3. The molecular weight excluding hydrogens is 428 g/mol. The highest BCUT2D eigenvalue weighted by atomic mass is 16.2. The van der Waals surface area contributed by atoms with Crippen molar-refractivity contribution < 1.29 is 14.4 Å². The Kier molecular flexibility index (Phi) is 13.1. The number of rotatable bonds is 16. The molecule has 0 fully saturated rings. The number of hydrogen-bond donors (Lipinski definition) is 4. The van der Waals surface area contributed by atoms with E-state index in [9.17, 15) is 14.4 Å². The van der Waals surface area contributed by atoms with Gasteiger partial charge in [0.2, 0.25) is 0 Å². The van der Waals surface area contributed by atoms with Crippen LogP contribution in [0.1, 0.15) is 82.4 Å². The lowest BCUT2D eigenvalue weighted by molar-refractivity contribution is 0.0941. The molecule has 0 aliphatic heterocycles. The normalized spacial score (nSPS) is 10.5. The van der Waals surface area contributed by atoms with Crippen molar-refractivity contribution in [2.24, 2.45) is 5.73 Å². The van der Waals surface area contributed by atoms with Crippen LogP contribution in [0.2, 0.25) is 0 Å². The van der Waals surface area contributed by atoms with Crippen molar-refractivity contribution in [1.29, 1.82) is 0 Å². The number of nitrogens with one attached hydrogen (secondary N) is 3. The molecule has 5 N–H and O–H groups in total. The Morgan fingerprint density at radius 2 is 0.853 bits per heavy atom. The molecule has 34 heavy (non-hydrogen) atoms. The molecule has 0 atom stereocenters. The summed E-state index contributed by atoms with van der Waals surface area (Å²) in [5.74, 6) is -0.303. The smallest absolute Gasteiger partial charge is 0.251 e. The number of unbranched alkanes of at least 4 members (excludes halogenated alkanes) is 6. The lowest BCUT2D eigenvalue weighted by atomic mass is 10.1. The van der Waals surface area contributed by atoms with Gasteiger partial charge in [-0.25, -0.2) is 0 Å². The Morgan fingerprint density at radius 1 is 0.500 bits per heavy atom. The van der Waals surface area contributed by atoms with Gasteiger partial charge >= 0.3 is 0 Å². The minimum Gasteiger partial charge on any atom is -0.352 e. The predicted octanol–water partition coefficient (Wildman–Crippen LogP) is 3.66. The largest absolute Gasteiger partial charge is 0.352 e. The van der Waals surface area contributed by atoms with Gasteiger partial charge in [-0.1, -0.05) is 43.9 Å². The number of hydrogen-bond acceptors (Lipinski definition) is 4. The summed E-state index contributed by atoms with van der Waals surface area (Å²) in [6.45, 7) is 2.60. The van der Waals surface area contributed by atoms with E-state index in [1.54, 1.807) is 36.4 Å². The van der Waals surface area contributed by atoms with Crippen molar-refractivity contribution in [3.05, 3.63) is 71.3 Å². The Balaban J connectivity index is 1.53. The molecule has 7 heteroatoms. The van der Waals surface area contributed by atoms with Gasteiger partial charge in [0.15, 0.2) is 0 Å². The van der Waals surface area contributed by atoms with E-state index in [-0.39, 0.29) is 17.7 Å². The Hall–Kier alpha value is -3.19. The average Bonchev–Trinajstić information content (AvgIpc) is 2.87. The summed E-state index contributed by atoms with van der Waals surface area (Å²) < 4.78 is 0. The number of carbonyl (C=O) groups is 3. The van der Waals surface area contributed by atoms with Crippen molar-refractivity contribution >= 4 is 17.7 Å². The first kappa shape index (κ1) is 27.1. The molecule has 0 unspecified atom stereocenters. The fourth-order valence-electron chi connectivity index (χ4n) is 3.50. The zero-order chi connectivity index (χ0) is 24.4. The second-order valence-corrected chi connectivity index (χ2v) is 8.33. The highest BCUT2D eigenvalue weighted by Crippen LogP contribution is 2.06. The molecule has 2 aromatic rings. The molecule has 2 aromatic carbocycles. The van der Waals surface area contributed by atoms with Gasteiger partial charge in [-0.2, -0.15) is 0 Å². The molecule has 0 heterocycles. The van der Waals surface area contributed by atoms with Gasteiger partial charge in [-0.3, -0.25) is 14.4 Å². The predicted molar refractivity (Wildman–Crippen MR) is 136 cm³/mol. The number of amides is 3. The number of carbonyl (C=O) groups excluding carboxylic acids is 3. The fourth-order valence-corrected chi connectivity index (χ4v) is 3.50. The monoisotopic (exact) mass is 466 g/mol. The third kappa shape index (κ3) is 10.6. The maximum Gasteiger partial charge on any atom is 0.251 e. The zero-order valence-corrected chi connectivity index (χ0v) is 20.0. The van der Waals surface area contributed by atoms with Crippen LogP contribution in [0.4, 0.5) is 0 Å². The first-order chi connectivity index (χ1) is 16.6. The van der Waals surface area contributed by atoms with Gasteiger partial charge in [0.25, 0.3) is 17.7 Å². The van der Waals surface area contributed by atoms with Crippen LogP contribution in [0.15, 0.2) is 54.6 Å². The summed E-state index contributed by atoms with van der Waals surface area (Å²) in [5, 5.41) is 8.75. The topological polar surface area (TPSA) is 113 Å². The van der Waals surface area contributed by atoms with E-state index < -0.39 is 0 Å². The van der Waals surface area contributed by atoms with Crippen molar-refractivity contribution in [3.8, 4) is 0 Å². The summed E-state index contributed by atoms with van der Waals surface area (Å²) >= 11 is 0. The summed E-state index contributed by atoms with van der Waals surface area (Å²) in [6, 6.07) is 15.9. The zero-order valence-electron chi connectivity index (χ0n) is 20.0. The van der Waals surface area contributed by atoms with Crippen LogP contribution in [0, 0.1) is 0 Å². The van der Waals surface area contributed by atoms with Crippen molar-refractivity contribution in [2.45, 2.75) is 51.4 Å². The molecule has 7 nitrogen and oxygen atoms in total. The van der Waals surface area contributed by atoms with Crippen LogP contribution in [0.3, 0.4) is 0 Å². The van der Waals surface area contributed by atoms with E-state index in [1.165, 1.54) is 0 Å². The minimum atomic E-state index is -0.137. The molecule has 0 spiro atoms. The second kappa shape index (κ2) is 16.4. The standard InChI is InChI=1S/C27H38N4O3/c28-18-8-1-2-9-19-30-26(33)23-14-16-24(17-15-23)27(34)31-21-11-4-3-10-20-29-25(32)22-12-6-5-7-13-22/h5-7,12-17H,1-4,8-11,18-21,28H2,(H,29,32)(H,30,33)(H,31,34). The highest BCUT2D eigenvalue weighted by molar-refractivity contribution is 5.97.